The molecule has 6 nitrogen and oxygen atoms in total. The van der Waals surface area contributed by atoms with Gasteiger partial charge in [-0.15, -0.1) is 0 Å². The van der Waals surface area contributed by atoms with Crippen LogP contribution in [0.2, 0.25) is 0 Å². The maximum atomic E-state index is 12.4. The molecule has 22 heavy (non-hydrogen) atoms. The predicted molar refractivity (Wildman–Crippen MR) is 82.5 cm³/mol. The molecular weight excluding hydrogens is 278 g/mol. The van der Waals surface area contributed by atoms with Crippen LogP contribution in [0.15, 0.2) is 36.9 Å². The average molecular weight is 295 g/mol. The molecular formula is C16H17N5O. The number of imidazole rings is 2. The third-order valence-corrected chi connectivity index (χ3v) is 4.30. The highest BCUT2D eigenvalue weighted by atomic mass is 16.1. The molecule has 6 heteroatoms. The highest BCUT2D eigenvalue weighted by Gasteiger charge is 2.20. The number of para-hydroxylation sites is 1. The number of fused-ring (bicyclic) bond motifs is 2. The number of aromatic amines is 1. The number of aromatic nitrogens is 4. The number of carbonyl (C=O) groups excluding carboxylic acids is 1. The minimum atomic E-state index is -0.0633. The molecule has 0 saturated heterocycles. The van der Waals surface area contributed by atoms with Gasteiger partial charge in [0.05, 0.1) is 17.4 Å². The van der Waals surface area contributed by atoms with Crippen LogP contribution in [0.5, 0.6) is 0 Å². The van der Waals surface area contributed by atoms with Gasteiger partial charge in [-0.05, 0) is 24.5 Å². The van der Waals surface area contributed by atoms with Gasteiger partial charge in [0.15, 0.2) is 0 Å². The first-order valence-corrected chi connectivity index (χ1v) is 7.51. The number of hydrogen-bond donors (Lipinski definition) is 2. The predicted octanol–water partition coefficient (Wildman–Crippen LogP) is 1.75. The van der Waals surface area contributed by atoms with E-state index in [2.05, 4.69) is 24.8 Å². The fraction of sp³-hybridized carbons (Fsp3) is 0.312. The first kappa shape index (κ1) is 13.1. The van der Waals surface area contributed by atoms with Crippen LogP contribution in [0.4, 0.5) is 0 Å². The molecule has 1 atom stereocenters. The lowest BCUT2D eigenvalue weighted by Gasteiger charge is -2.23. The Bertz CT molecular complexity index is 819. The fourth-order valence-corrected chi connectivity index (χ4v) is 3.07. The monoisotopic (exact) mass is 295 g/mol. The van der Waals surface area contributed by atoms with Crippen molar-refractivity contribution in [1.82, 2.24) is 24.8 Å². The van der Waals surface area contributed by atoms with Gasteiger partial charge < -0.3 is 14.9 Å². The van der Waals surface area contributed by atoms with Gasteiger partial charge in [0.2, 0.25) is 0 Å². The molecule has 0 fully saturated rings. The lowest BCUT2D eigenvalue weighted by molar-refractivity contribution is 0.0946. The van der Waals surface area contributed by atoms with Crippen LogP contribution in [0.25, 0.3) is 11.0 Å². The van der Waals surface area contributed by atoms with E-state index in [1.165, 1.54) is 0 Å². The van der Waals surface area contributed by atoms with E-state index in [1.54, 1.807) is 6.33 Å². The van der Waals surface area contributed by atoms with E-state index >= 15 is 0 Å². The fourth-order valence-electron chi connectivity index (χ4n) is 3.07. The summed E-state index contributed by atoms with van der Waals surface area (Å²) in [5.41, 5.74) is 2.22. The minimum absolute atomic E-state index is 0.0633. The number of amides is 1. The van der Waals surface area contributed by atoms with Gasteiger partial charge in [0.25, 0.3) is 5.91 Å². The van der Waals surface area contributed by atoms with Crippen molar-refractivity contribution in [3.63, 3.8) is 0 Å². The van der Waals surface area contributed by atoms with Gasteiger partial charge in [-0.3, -0.25) is 4.79 Å². The van der Waals surface area contributed by atoms with Crippen molar-refractivity contribution in [2.75, 3.05) is 6.54 Å². The lowest BCUT2D eigenvalue weighted by atomic mass is 9.97. The number of H-pyrrole nitrogens is 1. The molecule has 1 aliphatic rings. The Balaban J connectivity index is 1.44. The van der Waals surface area contributed by atoms with Crippen molar-refractivity contribution in [3.8, 4) is 0 Å². The SMILES string of the molecule is O=C(NCC1CCn2ccnc2C1)c1cccc2[nH]cnc12. The van der Waals surface area contributed by atoms with Crippen molar-refractivity contribution >= 4 is 16.9 Å². The topological polar surface area (TPSA) is 75.6 Å². The summed E-state index contributed by atoms with van der Waals surface area (Å²) in [6.45, 7) is 1.65. The largest absolute Gasteiger partial charge is 0.352 e. The van der Waals surface area contributed by atoms with Gasteiger partial charge in [-0.1, -0.05) is 6.07 Å². The summed E-state index contributed by atoms with van der Waals surface area (Å²) in [5, 5.41) is 3.04. The van der Waals surface area contributed by atoms with Gasteiger partial charge in [0, 0.05) is 31.9 Å². The normalized spacial score (nSPS) is 17.4. The van der Waals surface area contributed by atoms with Crippen LogP contribution >= 0.6 is 0 Å². The van der Waals surface area contributed by atoms with E-state index in [1.807, 2.05) is 30.6 Å². The van der Waals surface area contributed by atoms with Gasteiger partial charge in [0.1, 0.15) is 11.3 Å². The Morgan fingerprint density at radius 3 is 3.32 bits per heavy atom. The molecule has 1 amide bonds. The number of nitrogens with zero attached hydrogens (tertiary/aromatic N) is 3. The van der Waals surface area contributed by atoms with E-state index < -0.39 is 0 Å². The highest BCUT2D eigenvalue weighted by Crippen LogP contribution is 2.19. The molecule has 4 rings (SSSR count). The zero-order chi connectivity index (χ0) is 14.9. The van der Waals surface area contributed by atoms with E-state index in [0.29, 0.717) is 18.0 Å². The molecule has 1 aliphatic heterocycles. The summed E-state index contributed by atoms with van der Waals surface area (Å²) in [4.78, 5) is 24.0. The smallest absolute Gasteiger partial charge is 0.253 e. The van der Waals surface area contributed by atoms with E-state index in [-0.39, 0.29) is 5.91 Å². The van der Waals surface area contributed by atoms with Gasteiger partial charge in [-0.25, -0.2) is 9.97 Å². The molecule has 1 unspecified atom stereocenters. The van der Waals surface area contributed by atoms with Crippen molar-refractivity contribution in [3.05, 3.63) is 48.3 Å². The summed E-state index contributed by atoms with van der Waals surface area (Å²) in [7, 11) is 0. The molecule has 2 aromatic heterocycles. The highest BCUT2D eigenvalue weighted by molar-refractivity contribution is 6.04. The summed E-state index contributed by atoms with van der Waals surface area (Å²) in [6, 6.07) is 5.60. The third-order valence-electron chi connectivity index (χ3n) is 4.30. The summed E-state index contributed by atoms with van der Waals surface area (Å²) >= 11 is 0. The van der Waals surface area contributed by atoms with Crippen LogP contribution in [0.3, 0.4) is 0 Å². The number of nitrogens with one attached hydrogen (secondary N) is 2. The molecule has 2 N–H and O–H groups in total. The van der Waals surface area contributed by atoms with Crippen LogP contribution in [-0.4, -0.2) is 32.0 Å². The van der Waals surface area contributed by atoms with Crippen LogP contribution < -0.4 is 5.32 Å². The second kappa shape index (κ2) is 5.29. The van der Waals surface area contributed by atoms with Crippen molar-refractivity contribution in [2.45, 2.75) is 19.4 Å². The van der Waals surface area contributed by atoms with Gasteiger partial charge in [-0.2, -0.15) is 0 Å². The minimum Gasteiger partial charge on any atom is -0.352 e. The standard InChI is InChI=1S/C16H17N5O/c22-16(12-2-1-3-13-15(12)20-10-19-13)18-9-11-4-6-21-7-5-17-14(21)8-11/h1-3,5,7,10-11H,4,6,8-9H2,(H,18,22)(H,19,20). The zero-order valence-electron chi connectivity index (χ0n) is 12.1. The first-order chi connectivity index (χ1) is 10.8. The number of hydrogen-bond acceptors (Lipinski definition) is 3. The molecule has 0 saturated carbocycles. The summed E-state index contributed by atoms with van der Waals surface area (Å²) in [5.74, 6) is 1.49. The van der Waals surface area contributed by atoms with E-state index in [0.717, 1.165) is 36.2 Å². The van der Waals surface area contributed by atoms with Crippen molar-refractivity contribution in [1.29, 1.82) is 0 Å². The summed E-state index contributed by atoms with van der Waals surface area (Å²) in [6.07, 6.45) is 7.45. The van der Waals surface area contributed by atoms with Crippen LogP contribution in [0, 0.1) is 5.92 Å². The number of benzene rings is 1. The zero-order valence-corrected chi connectivity index (χ0v) is 12.1. The molecule has 3 aromatic rings. The average Bonchev–Trinajstić information content (AvgIpc) is 3.20. The Hall–Kier alpha value is -2.63. The van der Waals surface area contributed by atoms with Crippen molar-refractivity contribution < 1.29 is 4.79 Å². The maximum Gasteiger partial charge on any atom is 0.253 e. The molecule has 112 valence electrons. The Labute approximate surface area is 127 Å². The Morgan fingerprint density at radius 1 is 1.41 bits per heavy atom. The molecule has 0 bridgehead atoms. The third kappa shape index (κ3) is 2.26. The number of carbonyl (C=O) groups is 1. The molecule has 0 radical (unpaired) electrons. The Kier molecular flexibility index (Phi) is 3.14. The molecule has 0 spiro atoms. The number of aryl methyl sites for hydroxylation is 1. The van der Waals surface area contributed by atoms with E-state index in [4.69, 9.17) is 0 Å². The Morgan fingerprint density at radius 2 is 2.36 bits per heavy atom. The molecule has 3 heterocycles. The van der Waals surface area contributed by atoms with E-state index in [9.17, 15) is 4.79 Å². The second-order valence-electron chi connectivity index (χ2n) is 5.71. The van der Waals surface area contributed by atoms with Crippen LogP contribution in [0.1, 0.15) is 22.6 Å². The maximum absolute atomic E-state index is 12.4. The summed E-state index contributed by atoms with van der Waals surface area (Å²) < 4.78 is 2.18. The van der Waals surface area contributed by atoms with Crippen molar-refractivity contribution in [2.24, 2.45) is 5.92 Å². The lowest BCUT2D eigenvalue weighted by Crippen LogP contribution is -2.33. The quantitative estimate of drug-likeness (QED) is 0.773. The molecule has 1 aromatic carbocycles. The van der Waals surface area contributed by atoms with Crippen LogP contribution in [-0.2, 0) is 13.0 Å². The second-order valence-corrected chi connectivity index (χ2v) is 5.71. The first-order valence-electron chi connectivity index (χ1n) is 7.51. The molecule has 0 aliphatic carbocycles. The number of rotatable bonds is 3. The van der Waals surface area contributed by atoms with Gasteiger partial charge >= 0.3 is 0 Å².